The van der Waals surface area contributed by atoms with E-state index in [-0.39, 0.29) is 5.92 Å². The Bertz CT molecular complexity index is 801. The van der Waals surface area contributed by atoms with Crippen LogP contribution in [0.3, 0.4) is 0 Å². The molecule has 5 nitrogen and oxygen atoms in total. The predicted octanol–water partition coefficient (Wildman–Crippen LogP) is 2.94. The highest BCUT2D eigenvalue weighted by Crippen LogP contribution is 2.22. The molecule has 2 heterocycles. The summed E-state index contributed by atoms with van der Waals surface area (Å²) in [5, 5.41) is 7.57. The van der Waals surface area contributed by atoms with Crippen molar-refractivity contribution in [1.29, 1.82) is 0 Å². The summed E-state index contributed by atoms with van der Waals surface area (Å²) in [5.41, 5.74) is 1.77. The summed E-state index contributed by atoms with van der Waals surface area (Å²) >= 11 is 0. The average molecular weight is 375 g/mol. The lowest BCUT2D eigenvalue weighted by molar-refractivity contribution is 0.456. The molecule has 1 fully saturated rings. The van der Waals surface area contributed by atoms with Gasteiger partial charge in [0.05, 0.1) is 6.20 Å². The van der Waals surface area contributed by atoms with E-state index in [2.05, 4.69) is 26.5 Å². The Kier molecular flexibility index (Phi) is 6.08. The topological polar surface area (TPSA) is 45.5 Å². The van der Waals surface area contributed by atoms with E-state index in [1.807, 2.05) is 24.9 Å². The Morgan fingerprint density at radius 1 is 1.41 bits per heavy atom. The fraction of sp³-hybridized carbons (Fsp3) is 0.500. The zero-order valence-electron chi connectivity index (χ0n) is 16.1. The Balaban J connectivity index is 1.53. The van der Waals surface area contributed by atoms with E-state index in [1.54, 1.807) is 7.05 Å². The van der Waals surface area contributed by atoms with Crippen molar-refractivity contribution < 1.29 is 8.78 Å². The first kappa shape index (κ1) is 19.3. The summed E-state index contributed by atoms with van der Waals surface area (Å²) in [6, 6.07) is 3.75. The highest BCUT2D eigenvalue weighted by Gasteiger charge is 2.25. The van der Waals surface area contributed by atoms with Gasteiger partial charge in [0.1, 0.15) is 11.6 Å². The number of rotatable bonds is 5. The van der Waals surface area contributed by atoms with Crippen LogP contribution in [0.1, 0.15) is 30.4 Å². The number of hydrogen-bond acceptors (Lipinski definition) is 2. The maximum Gasteiger partial charge on any atom is 0.193 e. The van der Waals surface area contributed by atoms with Crippen LogP contribution in [0.5, 0.6) is 0 Å². The van der Waals surface area contributed by atoms with Crippen LogP contribution in [0.15, 0.2) is 35.6 Å². The van der Waals surface area contributed by atoms with E-state index in [0.29, 0.717) is 18.0 Å². The molecule has 0 spiro atoms. The number of nitrogens with zero attached hydrogens (tertiary/aromatic N) is 4. The summed E-state index contributed by atoms with van der Waals surface area (Å²) in [6.07, 6.45) is 6.11. The number of halogens is 2. The molecule has 146 valence electrons. The molecule has 2 atom stereocenters. The average Bonchev–Trinajstić information content (AvgIpc) is 3.25. The largest absolute Gasteiger partial charge is 0.356 e. The van der Waals surface area contributed by atoms with Crippen molar-refractivity contribution in [2.24, 2.45) is 18.0 Å². The quantitative estimate of drug-likeness (QED) is 0.646. The van der Waals surface area contributed by atoms with Gasteiger partial charge in [0.2, 0.25) is 0 Å². The number of hydrogen-bond donors (Lipinski definition) is 1. The van der Waals surface area contributed by atoms with Crippen LogP contribution in [-0.4, -0.2) is 47.3 Å². The van der Waals surface area contributed by atoms with Crippen LogP contribution < -0.4 is 5.32 Å². The molecule has 0 aliphatic carbocycles. The van der Waals surface area contributed by atoms with Gasteiger partial charge in [0, 0.05) is 51.9 Å². The van der Waals surface area contributed by atoms with Gasteiger partial charge in [-0.2, -0.15) is 5.10 Å². The normalized spacial score (nSPS) is 18.8. The van der Waals surface area contributed by atoms with Gasteiger partial charge in [0.25, 0.3) is 0 Å². The summed E-state index contributed by atoms with van der Waals surface area (Å²) < 4.78 is 28.9. The molecule has 2 unspecified atom stereocenters. The number of aromatic nitrogens is 2. The minimum absolute atomic E-state index is 0.0869. The Hall–Kier alpha value is -2.44. The lowest BCUT2D eigenvalue weighted by Gasteiger charge is -2.23. The minimum Gasteiger partial charge on any atom is -0.356 e. The van der Waals surface area contributed by atoms with Gasteiger partial charge in [-0.1, -0.05) is 13.0 Å². The van der Waals surface area contributed by atoms with Gasteiger partial charge < -0.3 is 10.2 Å². The molecule has 1 aromatic carbocycles. The summed E-state index contributed by atoms with van der Waals surface area (Å²) in [7, 11) is 3.70. The van der Waals surface area contributed by atoms with E-state index >= 15 is 0 Å². The van der Waals surface area contributed by atoms with E-state index < -0.39 is 11.6 Å². The van der Waals surface area contributed by atoms with Gasteiger partial charge >= 0.3 is 0 Å². The predicted molar refractivity (Wildman–Crippen MR) is 103 cm³/mol. The molecule has 0 radical (unpaired) electrons. The van der Waals surface area contributed by atoms with Crippen molar-refractivity contribution >= 4 is 5.96 Å². The molecule has 0 amide bonds. The molecule has 7 heteroatoms. The van der Waals surface area contributed by atoms with Crippen molar-refractivity contribution in [3.05, 3.63) is 53.4 Å². The zero-order chi connectivity index (χ0) is 19.4. The SMILES string of the molecule is CN=C(NCC(C)c1ccc(F)cc1F)N1CCC(Cc2cnn(C)c2)C1. The highest BCUT2D eigenvalue weighted by molar-refractivity contribution is 5.80. The Morgan fingerprint density at radius 2 is 2.22 bits per heavy atom. The maximum absolute atomic E-state index is 14.0. The molecule has 1 aliphatic heterocycles. The number of benzene rings is 1. The van der Waals surface area contributed by atoms with Gasteiger partial charge in [-0.05, 0) is 36.0 Å². The fourth-order valence-corrected chi connectivity index (χ4v) is 3.69. The number of likely N-dealkylation sites (tertiary alicyclic amines) is 1. The molecule has 27 heavy (non-hydrogen) atoms. The van der Waals surface area contributed by atoms with Crippen molar-refractivity contribution in [3.63, 3.8) is 0 Å². The molecular weight excluding hydrogens is 348 g/mol. The van der Waals surface area contributed by atoms with Crippen molar-refractivity contribution in [1.82, 2.24) is 20.0 Å². The summed E-state index contributed by atoms with van der Waals surface area (Å²) in [5.74, 6) is 0.259. The lowest BCUT2D eigenvalue weighted by Crippen LogP contribution is -2.41. The first-order valence-corrected chi connectivity index (χ1v) is 9.34. The van der Waals surface area contributed by atoms with Crippen LogP contribution >= 0.6 is 0 Å². The Morgan fingerprint density at radius 3 is 2.89 bits per heavy atom. The summed E-state index contributed by atoms with van der Waals surface area (Å²) in [6.45, 7) is 4.35. The number of guanidine groups is 1. The molecular formula is C20H27F2N5. The molecule has 1 aromatic heterocycles. The van der Waals surface area contributed by atoms with Gasteiger partial charge in [-0.15, -0.1) is 0 Å². The highest BCUT2D eigenvalue weighted by atomic mass is 19.1. The molecule has 0 bridgehead atoms. The van der Waals surface area contributed by atoms with Gasteiger partial charge in [0.15, 0.2) is 5.96 Å². The van der Waals surface area contributed by atoms with Crippen LogP contribution in [-0.2, 0) is 13.5 Å². The van der Waals surface area contributed by atoms with Crippen molar-refractivity contribution in [2.75, 3.05) is 26.7 Å². The fourth-order valence-electron chi connectivity index (χ4n) is 3.69. The molecule has 3 rings (SSSR count). The Labute approximate surface area is 159 Å². The monoisotopic (exact) mass is 375 g/mol. The zero-order valence-corrected chi connectivity index (χ0v) is 16.1. The third-order valence-electron chi connectivity index (χ3n) is 5.14. The second-order valence-electron chi connectivity index (χ2n) is 7.32. The third-order valence-corrected chi connectivity index (χ3v) is 5.14. The van der Waals surface area contributed by atoms with E-state index in [4.69, 9.17) is 0 Å². The summed E-state index contributed by atoms with van der Waals surface area (Å²) in [4.78, 5) is 6.62. The molecule has 2 aromatic rings. The lowest BCUT2D eigenvalue weighted by atomic mass is 10.0. The smallest absolute Gasteiger partial charge is 0.193 e. The first-order chi connectivity index (χ1) is 13.0. The third kappa shape index (κ3) is 4.84. The van der Waals surface area contributed by atoms with Gasteiger partial charge in [-0.25, -0.2) is 8.78 Å². The maximum atomic E-state index is 14.0. The second kappa shape index (κ2) is 8.50. The van der Waals surface area contributed by atoms with E-state index in [1.165, 1.54) is 17.7 Å². The van der Waals surface area contributed by atoms with Crippen LogP contribution in [0, 0.1) is 17.6 Å². The number of aliphatic imine (C=N–C) groups is 1. The molecule has 1 saturated heterocycles. The molecule has 1 N–H and O–H groups in total. The van der Waals surface area contributed by atoms with Gasteiger partial charge in [-0.3, -0.25) is 9.67 Å². The molecule has 1 aliphatic rings. The number of aryl methyl sites for hydroxylation is 1. The van der Waals surface area contributed by atoms with E-state index in [9.17, 15) is 8.78 Å². The second-order valence-corrected chi connectivity index (χ2v) is 7.32. The van der Waals surface area contributed by atoms with Crippen LogP contribution in [0.4, 0.5) is 8.78 Å². The van der Waals surface area contributed by atoms with Crippen LogP contribution in [0.25, 0.3) is 0 Å². The van der Waals surface area contributed by atoms with Crippen molar-refractivity contribution in [3.8, 4) is 0 Å². The minimum atomic E-state index is -0.552. The van der Waals surface area contributed by atoms with Crippen LogP contribution in [0.2, 0.25) is 0 Å². The molecule has 0 saturated carbocycles. The first-order valence-electron chi connectivity index (χ1n) is 9.34. The van der Waals surface area contributed by atoms with Crippen molar-refractivity contribution in [2.45, 2.75) is 25.7 Å². The number of nitrogens with one attached hydrogen (secondary N) is 1. The standard InChI is InChI=1S/C20H27F2N5/c1-14(18-5-4-17(21)9-19(18)22)10-24-20(23-2)27-7-6-15(13-27)8-16-11-25-26(3)12-16/h4-5,9,11-12,14-15H,6-8,10,13H2,1-3H3,(H,23,24). The van der Waals surface area contributed by atoms with E-state index in [0.717, 1.165) is 38.0 Å².